The third-order valence-corrected chi connectivity index (χ3v) is 7.97. The molecule has 0 aliphatic rings. The fourth-order valence-corrected chi connectivity index (χ4v) is 5.51. The molecule has 0 aliphatic heterocycles. The van der Waals surface area contributed by atoms with Gasteiger partial charge in [-0.1, -0.05) is 30.3 Å². The van der Waals surface area contributed by atoms with E-state index < -0.39 is 45.8 Å². The number of hydrogen-bond donors (Lipinski definition) is 1. The molecule has 1 N–H and O–H groups in total. The quantitative estimate of drug-likeness (QED) is 0.358. The highest BCUT2D eigenvalue weighted by Gasteiger charge is 2.33. The highest BCUT2D eigenvalue weighted by molar-refractivity contribution is 7.92. The van der Waals surface area contributed by atoms with Gasteiger partial charge in [0.2, 0.25) is 11.8 Å². The van der Waals surface area contributed by atoms with E-state index in [2.05, 4.69) is 5.32 Å². The molecule has 9 nitrogen and oxygen atoms in total. The fraction of sp³-hybridized carbons (Fsp3) is 0.333. The van der Waals surface area contributed by atoms with Crippen LogP contribution in [-0.2, 0) is 26.2 Å². The maximum Gasteiger partial charge on any atom is 0.264 e. The van der Waals surface area contributed by atoms with Crippen molar-refractivity contribution >= 4 is 27.5 Å². The number of nitrogens with one attached hydrogen (secondary N) is 1. The molecule has 0 saturated carbocycles. The Hall–Kier alpha value is -4.12. The lowest BCUT2D eigenvalue weighted by atomic mass is 10.1. The zero-order valence-electron chi connectivity index (χ0n) is 24.0. The van der Waals surface area contributed by atoms with Crippen molar-refractivity contribution in [2.45, 2.75) is 50.7 Å². The van der Waals surface area contributed by atoms with Gasteiger partial charge in [-0.25, -0.2) is 12.8 Å². The lowest BCUT2D eigenvalue weighted by Crippen LogP contribution is -2.54. The molecule has 220 valence electrons. The molecule has 0 spiro atoms. The molecular weight excluding hydrogens is 549 g/mol. The minimum absolute atomic E-state index is 0.0616. The number of carbonyl (C=O) groups excluding carboxylic acids is 2. The van der Waals surface area contributed by atoms with Gasteiger partial charge in [-0.3, -0.25) is 13.9 Å². The van der Waals surface area contributed by atoms with Gasteiger partial charge < -0.3 is 19.7 Å². The second-order valence-corrected chi connectivity index (χ2v) is 12.3. The Labute approximate surface area is 240 Å². The minimum Gasteiger partial charge on any atom is -0.493 e. The van der Waals surface area contributed by atoms with Gasteiger partial charge in [-0.15, -0.1) is 0 Å². The molecule has 3 rings (SSSR count). The lowest BCUT2D eigenvalue weighted by Gasteiger charge is -2.33. The Morgan fingerprint density at radius 2 is 1.54 bits per heavy atom. The summed E-state index contributed by atoms with van der Waals surface area (Å²) in [6.07, 6.45) is 0. The molecule has 3 aromatic rings. The van der Waals surface area contributed by atoms with Gasteiger partial charge in [0.25, 0.3) is 10.0 Å². The van der Waals surface area contributed by atoms with Gasteiger partial charge in [-0.05, 0) is 69.7 Å². The summed E-state index contributed by atoms with van der Waals surface area (Å²) >= 11 is 0. The van der Waals surface area contributed by atoms with Gasteiger partial charge >= 0.3 is 0 Å². The Kier molecular flexibility index (Phi) is 9.98. The molecule has 0 saturated heterocycles. The number of sulfonamides is 1. The predicted octanol–water partition coefficient (Wildman–Crippen LogP) is 4.37. The van der Waals surface area contributed by atoms with Crippen LogP contribution >= 0.6 is 0 Å². The Morgan fingerprint density at radius 1 is 0.927 bits per heavy atom. The molecule has 0 bridgehead atoms. The topological polar surface area (TPSA) is 105 Å². The van der Waals surface area contributed by atoms with Crippen molar-refractivity contribution < 1.29 is 31.9 Å². The zero-order valence-corrected chi connectivity index (χ0v) is 24.9. The van der Waals surface area contributed by atoms with E-state index in [1.165, 1.54) is 49.5 Å². The number of methoxy groups -OCH3 is 2. The lowest BCUT2D eigenvalue weighted by molar-refractivity contribution is -0.140. The number of carbonyl (C=O) groups is 2. The van der Waals surface area contributed by atoms with Crippen LogP contribution in [-0.4, -0.2) is 57.5 Å². The van der Waals surface area contributed by atoms with E-state index in [1.54, 1.807) is 6.92 Å². The maximum atomic E-state index is 14.0. The molecule has 0 fully saturated rings. The van der Waals surface area contributed by atoms with Crippen LogP contribution in [0.2, 0.25) is 0 Å². The van der Waals surface area contributed by atoms with Crippen LogP contribution in [0.5, 0.6) is 11.5 Å². The number of rotatable bonds is 11. The van der Waals surface area contributed by atoms with Crippen LogP contribution in [0.1, 0.15) is 33.3 Å². The Balaban J connectivity index is 2.06. The van der Waals surface area contributed by atoms with Gasteiger partial charge in [0.15, 0.2) is 11.5 Å². The summed E-state index contributed by atoms with van der Waals surface area (Å²) in [6, 6.07) is 17.0. The van der Waals surface area contributed by atoms with E-state index in [0.29, 0.717) is 5.75 Å². The molecular formula is C30H36FN3O6S. The Morgan fingerprint density at radius 3 is 2.10 bits per heavy atom. The third kappa shape index (κ3) is 7.97. The van der Waals surface area contributed by atoms with Crippen LogP contribution in [0, 0.1) is 5.82 Å². The van der Waals surface area contributed by atoms with Gasteiger partial charge in [-0.2, -0.15) is 0 Å². The molecule has 0 aliphatic carbocycles. The average molecular weight is 586 g/mol. The zero-order chi connectivity index (χ0) is 30.4. The van der Waals surface area contributed by atoms with Crippen LogP contribution in [0.15, 0.2) is 77.7 Å². The van der Waals surface area contributed by atoms with Crippen molar-refractivity contribution in [2.24, 2.45) is 0 Å². The van der Waals surface area contributed by atoms with Crippen molar-refractivity contribution in [3.8, 4) is 11.5 Å². The smallest absolute Gasteiger partial charge is 0.264 e. The van der Waals surface area contributed by atoms with Crippen molar-refractivity contribution in [2.75, 3.05) is 25.1 Å². The van der Waals surface area contributed by atoms with E-state index in [4.69, 9.17) is 9.47 Å². The standard InChI is InChI=1S/C30H36FN3O6S/c1-21(29(36)32-30(2,3)4)33(19-22-10-8-7-9-11-22)28(35)20-34(24-14-12-23(31)13-15-24)41(37,38)25-16-17-26(39-5)27(18-25)40-6/h7-18,21H,19-20H2,1-6H3,(H,32,36)/t21-/m1/s1. The van der Waals surface area contributed by atoms with Gasteiger partial charge in [0.1, 0.15) is 18.4 Å². The monoisotopic (exact) mass is 585 g/mol. The minimum atomic E-state index is -4.37. The van der Waals surface area contributed by atoms with Crippen LogP contribution in [0.25, 0.3) is 0 Å². The first kappa shape index (κ1) is 31.4. The summed E-state index contributed by atoms with van der Waals surface area (Å²) in [7, 11) is -1.57. The van der Waals surface area contributed by atoms with E-state index in [9.17, 15) is 22.4 Å². The summed E-state index contributed by atoms with van der Waals surface area (Å²) in [5.41, 5.74) is 0.275. The van der Waals surface area contributed by atoms with Gasteiger partial charge in [0, 0.05) is 18.2 Å². The number of halogens is 1. The number of anilines is 1. The van der Waals surface area contributed by atoms with E-state index in [-0.39, 0.29) is 22.9 Å². The van der Waals surface area contributed by atoms with E-state index in [1.807, 2.05) is 51.1 Å². The Bertz CT molecular complexity index is 1460. The molecule has 2 amide bonds. The summed E-state index contributed by atoms with van der Waals surface area (Å²) in [5.74, 6) is -1.08. The molecule has 1 atom stereocenters. The molecule has 41 heavy (non-hydrogen) atoms. The van der Waals surface area contributed by atoms with Crippen molar-refractivity contribution in [1.82, 2.24) is 10.2 Å². The van der Waals surface area contributed by atoms with Crippen molar-refractivity contribution in [1.29, 1.82) is 0 Å². The predicted molar refractivity (Wildman–Crippen MR) is 155 cm³/mol. The number of nitrogens with zero attached hydrogens (tertiary/aromatic N) is 2. The van der Waals surface area contributed by atoms with E-state index >= 15 is 0 Å². The first-order valence-electron chi connectivity index (χ1n) is 12.9. The fourth-order valence-electron chi connectivity index (χ4n) is 4.08. The van der Waals surface area contributed by atoms with Crippen molar-refractivity contribution in [3.05, 3.63) is 84.2 Å². The SMILES string of the molecule is COc1ccc(S(=O)(=O)N(CC(=O)N(Cc2ccccc2)[C@H](C)C(=O)NC(C)(C)C)c2ccc(F)cc2)cc1OC. The summed E-state index contributed by atoms with van der Waals surface area (Å²) in [5, 5.41) is 2.88. The molecule has 11 heteroatoms. The first-order chi connectivity index (χ1) is 19.3. The van der Waals surface area contributed by atoms with Crippen LogP contribution in [0.4, 0.5) is 10.1 Å². The number of ether oxygens (including phenoxy) is 2. The molecule has 3 aromatic carbocycles. The van der Waals surface area contributed by atoms with Crippen molar-refractivity contribution in [3.63, 3.8) is 0 Å². The highest BCUT2D eigenvalue weighted by Crippen LogP contribution is 2.32. The number of hydrogen-bond acceptors (Lipinski definition) is 6. The average Bonchev–Trinajstić information content (AvgIpc) is 2.93. The van der Waals surface area contributed by atoms with E-state index in [0.717, 1.165) is 22.0 Å². The number of amides is 2. The summed E-state index contributed by atoms with van der Waals surface area (Å²) in [4.78, 5) is 28.2. The number of benzene rings is 3. The molecule has 0 heterocycles. The second kappa shape index (κ2) is 13.0. The maximum absolute atomic E-state index is 14.0. The third-order valence-electron chi connectivity index (χ3n) is 6.20. The molecule has 0 unspecified atom stereocenters. The van der Waals surface area contributed by atoms with Crippen LogP contribution in [0.3, 0.4) is 0 Å². The highest BCUT2D eigenvalue weighted by atomic mass is 32.2. The van der Waals surface area contributed by atoms with Gasteiger partial charge in [0.05, 0.1) is 24.8 Å². The molecule has 0 radical (unpaired) electrons. The second-order valence-electron chi connectivity index (χ2n) is 10.4. The summed E-state index contributed by atoms with van der Waals surface area (Å²) in [6.45, 7) is 6.48. The normalized spacial score (nSPS) is 12.3. The summed E-state index contributed by atoms with van der Waals surface area (Å²) < 4.78 is 53.1. The van der Waals surface area contributed by atoms with Crippen LogP contribution < -0.4 is 19.1 Å². The largest absolute Gasteiger partial charge is 0.493 e. The molecule has 0 aromatic heterocycles. The first-order valence-corrected chi connectivity index (χ1v) is 14.4.